The zero-order chi connectivity index (χ0) is 15.7. The summed E-state index contributed by atoms with van der Waals surface area (Å²) >= 11 is 1.46. The number of thiophene rings is 1. The lowest BCUT2D eigenvalue weighted by molar-refractivity contribution is 0.0956. The molecule has 22 heavy (non-hydrogen) atoms. The van der Waals surface area contributed by atoms with Gasteiger partial charge in [0.25, 0.3) is 5.91 Å². The van der Waals surface area contributed by atoms with E-state index in [9.17, 15) is 4.79 Å². The van der Waals surface area contributed by atoms with Crippen LogP contribution in [0.15, 0.2) is 30.3 Å². The fourth-order valence-electron chi connectivity index (χ4n) is 2.41. The van der Waals surface area contributed by atoms with Crippen molar-refractivity contribution in [1.29, 1.82) is 0 Å². The molecule has 2 heterocycles. The maximum atomic E-state index is 12.2. The molecule has 0 saturated carbocycles. The Morgan fingerprint density at radius 3 is 2.82 bits per heavy atom. The molecule has 1 N–H and O–H groups in total. The molecular formula is C18H20N2OS. The van der Waals surface area contributed by atoms with Crippen molar-refractivity contribution in [3.05, 3.63) is 40.8 Å². The fourth-order valence-corrected chi connectivity index (χ4v) is 3.35. The van der Waals surface area contributed by atoms with Crippen LogP contribution in [0, 0.1) is 12.8 Å². The smallest absolute Gasteiger partial charge is 0.261 e. The number of carbonyl (C=O) groups excluding carboxylic acids is 1. The number of nitrogens with zero attached hydrogens (tertiary/aromatic N) is 1. The molecule has 1 amide bonds. The van der Waals surface area contributed by atoms with Crippen LogP contribution in [-0.4, -0.2) is 17.4 Å². The molecule has 0 spiro atoms. The molecule has 0 unspecified atom stereocenters. The molecule has 4 heteroatoms. The maximum absolute atomic E-state index is 12.2. The van der Waals surface area contributed by atoms with E-state index < -0.39 is 0 Å². The number of rotatable bonds is 4. The SMILES string of the molecule is Cc1ccc2cc3cc(C(=O)NCCC(C)C)sc3nc2c1. The normalized spacial score (nSPS) is 11.5. The number of benzene rings is 1. The van der Waals surface area contributed by atoms with Crippen molar-refractivity contribution in [3.8, 4) is 0 Å². The van der Waals surface area contributed by atoms with Crippen molar-refractivity contribution in [2.75, 3.05) is 6.54 Å². The lowest BCUT2D eigenvalue weighted by Gasteiger charge is -2.05. The molecule has 0 fully saturated rings. The lowest BCUT2D eigenvalue weighted by atomic mass is 10.1. The highest BCUT2D eigenvalue weighted by molar-refractivity contribution is 7.20. The maximum Gasteiger partial charge on any atom is 0.261 e. The Kier molecular flexibility index (Phi) is 4.12. The highest BCUT2D eigenvalue weighted by Crippen LogP contribution is 2.27. The molecule has 2 aromatic heterocycles. The highest BCUT2D eigenvalue weighted by Gasteiger charge is 2.11. The lowest BCUT2D eigenvalue weighted by Crippen LogP contribution is -2.24. The molecule has 0 aliphatic carbocycles. The molecule has 0 aliphatic heterocycles. The van der Waals surface area contributed by atoms with Crippen molar-refractivity contribution in [3.63, 3.8) is 0 Å². The van der Waals surface area contributed by atoms with Crippen molar-refractivity contribution in [2.24, 2.45) is 5.92 Å². The van der Waals surface area contributed by atoms with E-state index in [1.54, 1.807) is 0 Å². The fraction of sp³-hybridized carbons (Fsp3) is 0.333. The van der Waals surface area contributed by atoms with E-state index in [4.69, 9.17) is 0 Å². The van der Waals surface area contributed by atoms with E-state index in [2.05, 4.69) is 55.3 Å². The average molecular weight is 312 g/mol. The van der Waals surface area contributed by atoms with E-state index in [0.29, 0.717) is 5.92 Å². The van der Waals surface area contributed by atoms with Crippen molar-refractivity contribution in [1.82, 2.24) is 10.3 Å². The van der Waals surface area contributed by atoms with Crippen LogP contribution in [0.1, 0.15) is 35.5 Å². The minimum atomic E-state index is 0.00360. The van der Waals surface area contributed by atoms with E-state index in [0.717, 1.165) is 39.0 Å². The summed E-state index contributed by atoms with van der Waals surface area (Å²) in [6.07, 6.45) is 0.998. The number of hydrogen-bond acceptors (Lipinski definition) is 3. The van der Waals surface area contributed by atoms with E-state index in [1.807, 2.05) is 6.07 Å². The monoisotopic (exact) mass is 312 g/mol. The zero-order valence-corrected chi connectivity index (χ0v) is 14.0. The first-order valence-electron chi connectivity index (χ1n) is 7.62. The van der Waals surface area contributed by atoms with Crippen LogP contribution in [0.2, 0.25) is 0 Å². The van der Waals surface area contributed by atoms with Gasteiger partial charge in [-0.2, -0.15) is 0 Å². The van der Waals surface area contributed by atoms with E-state index in [-0.39, 0.29) is 5.91 Å². The summed E-state index contributed by atoms with van der Waals surface area (Å²) in [6.45, 7) is 7.10. The minimum Gasteiger partial charge on any atom is -0.351 e. The zero-order valence-electron chi connectivity index (χ0n) is 13.1. The van der Waals surface area contributed by atoms with Gasteiger partial charge in [-0.3, -0.25) is 4.79 Å². The number of nitrogens with one attached hydrogen (secondary N) is 1. The van der Waals surface area contributed by atoms with E-state index >= 15 is 0 Å². The molecule has 114 valence electrons. The number of aryl methyl sites for hydroxylation is 1. The third-order valence-corrected chi connectivity index (χ3v) is 4.73. The average Bonchev–Trinajstić information content (AvgIpc) is 2.87. The van der Waals surface area contributed by atoms with Gasteiger partial charge in [0.05, 0.1) is 10.4 Å². The highest BCUT2D eigenvalue weighted by atomic mass is 32.1. The second-order valence-corrected chi connectivity index (χ2v) is 7.16. The quantitative estimate of drug-likeness (QED) is 0.769. The van der Waals surface area contributed by atoms with Crippen LogP contribution < -0.4 is 5.32 Å². The largest absolute Gasteiger partial charge is 0.351 e. The second-order valence-electron chi connectivity index (χ2n) is 6.13. The summed E-state index contributed by atoms with van der Waals surface area (Å²) < 4.78 is 0. The molecule has 3 nitrogen and oxygen atoms in total. The minimum absolute atomic E-state index is 0.00360. The first-order valence-corrected chi connectivity index (χ1v) is 8.44. The van der Waals surface area contributed by atoms with Gasteiger partial charge in [-0.25, -0.2) is 4.98 Å². The van der Waals surface area contributed by atoms with Crippen LogP contribution in [0.4, 0.5) is 0 Å². The summed E-state index contributed by atoms with van der Waals surface area (Å²) in [4.78, 5) is 18.6. The number of amides is 1. The number of fused-ring (bicyclic) bond motifs is 2. The number of pyridine rings is 1. The molecule has 0 radical (unpaired) electrons. The van der Waals surface area contributed by atoms with Gasteiger partial charge in [-0.15, -0.1) is 11.3 Å². The predicted octanol–water partition coefficient (Wildman–Crippen LogP) is 4.53. The van der Waals surface area contributed by atoms with Crippen molar-refractivity contribution < 1.29 is 4.79 Å². The molecule has 3 aromatic rings. The third kappa shape index (κ3) is 3.12. The summed E-state index contributed by atoms with van der Waals surface area (Å²) in [5.74, 6) is 0.599. The Balaban J connectivity index is 1.88. The topological polar surface area (TPSA) is 42.0 Å². The van der Waals surface area contributed by atoms with Crippen LogP contribution in [-0.2, 0) is 0 Å². The Hall–Kier alpha value is -1.94. The van der Waals surface area contributed by atoms with Gasteiger partial charge in [0, 0.05) is 17.3 Å². The van der Waals surface area contributed by atoms with Gasteiger partial charge in [-0.05, 0) is 43.0 Å². The van der Waals surface area contributed by atoms with Crippen molar-refractivity contribution in [2.45, 2.75) is 27.2 Å². The van der Waals surface area contributed by atoms with Crippen LogP contribution in [0.25, 0.3) is 21.1 Å². The predicted molar refractivity (Wildman–Crippen MR) is 93.7 cm³/mol. The summed E-state index contributed by atoms with van der Waals surface area (Å²) in [7, 11) is 0. The summed E-state index contributed by atoms with van der Waals surface area (Å²) in [6, 6.07) is 10.3. The third-order valence-electron chi connectivity index (χ3n) is 3.69. The number of carbonyl (C=O) groups is 1. The van der Waals surface area contributed by atoms with Crippen LogP contribution in [0.3, 0.4) is 0 Å². The molecule has 0 saturated heterocycles. The standard InChI is InChI=1S/C18H20N2OS/c1-11(2)6-7-19-17(21)16-10-14-9-13-5-4-12(3)8-15(13)20-18(14)22-16/h4-5,8-11H,6-7H2,1-3H3,(H,19,21). The van der Waals surface area contributed by atoms with Crippen LogP contribution in [0.5, 0.6) is 0 Å². The van der Waals surface area contributed by atoms with Gasteiger partial charge < -0.3 is 5.32 Å². The summed E-state index contributed by atoms with van der Waals surface area (Å²) in [5.41, 5.74) is 2.18. The Morgan fingerprint density at radius 2 is 2.05 bits per heavy atom. The van der Waals surface area contributed by atoms with Crippen LogP contribution >= 0.6 is 11.3 Å². The first kappa shape index (κ1) is 15.0. The molecule has 0 atom stereocenters. The molecule has 0 bridgehead atoms. The number of aromatic nitrogens is 1. The Morgan fingerprint density at radius 1 is 1.23 bits per heavy atom. The van der Waals surface area contributed by atoms with E-state index in [1.165, 1.54) is 16.9 Å². The molecule has 3 rings (SSSR count). The molecule has 0 aliphatic rings. The van der Waals surface area contributed by atoms with Crippen molar-refractivity contribution >= 4 is 38.4 Å². The molecule has 1 aromatic carbocycles. The van der Waals surface area contributed by atoms with Gasteiger partial charge in [0.1, 0.15) is 4.83 Å². The van der Waals surface area contributed by atoms with Gasteiger partial charge in [-0.1, -0.05) is 26.0 Å². The summed E-state index contributed by atoms with van der Waals surface area (Å²) in [5, 5.41) is 5.14. The molecular weight excluding hydrogens is 292 g/mol. The van der Waals surface area contributed by atoms with Gasteiger partial charge in [0.15, 0.2) is 0 Å². The second kappa shape index (κ2) is 6.05. The van der Waals surface area contributed by atoms with Gasteiger partial charge >= 0.3 is 0 Å². The van der Waals surface area contributed by atoms with Gasteiger partial charge in [0.2, 0.25) is 0 Å². The first-order chi connectivity index (χ1) is 10.5. The Bertz CT molecular complexity index is 836. The Labute approximate surface area is 134 Å². The number of hydrogen-bond donors (Lipinski definition) is 1.